The second kappa shape index (κ2) is 33.9. The summed E-state index contributed by atoms with van der Waals surface area (Å²) >= 11 is 0. The topological polar surface area (TPSA) is 18.5 Å². The molecule has 0 N–H and O–H groups in total. The molecule has 0 aliphatic carbocycles. The Bertz CT molecular complexity index is 349. The maximum atomic E-state index is 5.91. The van der Waals surface area contributed by atoms with Crippen LogP contribution < -0.4 is 0 Å². The van der Waals surface area contributed by atoms with Gasteiger partial charge in [0.25, 0.3) is 0 Å². The number of hydrogen-bond acceptors (Lipinski definition) is 2. The van der Waals surface area contributed by atoms with Gasteiger partial charge in [0.15, 0.2) is 0 Å². The third kappa shape index (κ3) is 32.0. The van der Waals surface area contributed by atoms with Gasteiger partial charge in [-0.1, -0.05) is 188 Å². The predicted octanol–water partition coefficient (Wildman–Crippen LogP) is 12.9. The van der Waals surface area contributed by atoms with Gasteiger partial charge in [-0.25, -0.2) is 0 Å². The Labute approximate surface area is 235 Å². The van der Waals surface area contributed by atoms with Crippen LogP contribution in [0.15, 0.2) is 0 Å². The third-order valence-electron chi connectivity index (χ3n) is 7.81. The predicted molar refractivity (Wildman–Crippen MR) is 166 cm³/mol. The number of unbranched alkanes of at least 4 members (excludes halogenated alkanes) is 26. The molecule has 37 heavy (non-hydrogen) atoms. The van der Waals surface area contributed by atoms with Crippen LogP contribution in [0.1, 0.15) is 207 Å². The van der Waals surface area contributed by atoms with E-state index in [2.05, 4.69) is 20.8 Å². The second-order valence-electron chi connectivity index (χ2n) is 11.6. The molecule has 0 aromatic rings. The molecule has 0 aromatic carbocycles. The Kier molecular flexibility index (Phi) is 33.9. The zero-order chi connectivity index (χ0) is 26.9. The van der Waals surface area contributed by atoms with E-state index in [1.807, 2.05) is 0 Å². The van der Waals surface area contributed by atoms with Crippen LogP contribution in [-0.4, -0.2) is 13.2 Å². The highest BCUT2D eigenvalue weighted by Crippen LogP contribution is 2.16. The lowest BCUT2D eigenvalue weighted by atomic mass is 10.0. The summed E-state index contributed by atoms with van der Waals surface area (Å²) in [5.41, 5.74) is 0. The molecule has 0 saturated heterocycles. The van der Waals surface area contributed by atoms with Gasteiger partial charge in [-0.2, -0.15) is 0 Å². The van der Waals surface area contributed by atoms with Crippen molar-refractivity contribution >= 4 is 0 Å². The Morgan fingerprint density at radius 2 is 0.514 bits per heavy atom. The third-order valence-corrected chi connectivity index (χ3v) is 7.81. The van der Waals surface area contributed by atoms with Crippen molar-refractivity contribution in [3.8, 4) is 0 Å². The molecule has 0 aliphatic heterocycles. The van der Waals surface area contributed by atoms with Gasteiger partial charge in [0.05, 0.1) is 13.2 Å². The molecule has 0 heterocycles. The summed E-state index contributed by atoms with van der Waals surface area (Å²) in [6.45, 7) is 8.40. The van der Waals surface area contributed by atoms with Gasteiger partial charge in [0, 0.05) is 6.42 Å². The molecular formula is C35H71O2. The van der Waals surface area contributed by atoms with Crippen molar-refractivity contribution in [2.24, 2.45) is 0 Å². The van der Waals surface area contributed by atoms with Crippen LogP contribution in [0.2, 0.25) is 0 Å². The number of hydrogen-bond donors (Lipinski definition) is 0. The first-order valence-corrected chi connectivity index (χ1v) is 17.5. The van der Waals surface area contributed by atoms with E-state index in [0.717, 1.165) is 25.9 Å². The highest BCUT2D eigenvalue weighted by atomic mass is 16.7. The minimum Gasteiger partial charge on any atom is -0.345 e. The first-order valence-electron chi connectivity index (χ1n) is 17.5. The average Bonchev–Trinajstić information content (AvgIpc) is 2.91. The van der Waals surface area contributed by atoms with Gasteiger partial charge >= 0.3 is 0 Å². The van der Waals surface area contributed by atoms with Crippen molar-refractivity contribution in [2.75, 3.05) is 13.2 Å². The molecule has 2 nitrogen and oxygen atoms in total. The highest BCUT2D eigenvalue weighted by molar-refractivity contribution is 4.62. The largest absolute Gasteiger partial charge is 0.345 e. The monoisotopic (exact) mass is 524 g/mol. The van der Waals surface area contributed by atoms with Crippen molar-refractivity contribution < 1.29 is 9.47 Å². The van der Waals surface area contributed by atoms with Crippen molar-refractivity contribution in [1.82, 2.24) is 0 Å². The second-order valence-corrected chi connectivity index (χ2v) is 11.6. The van der Waals surface area contributed by atoms with E-state index in [-0.39, 0.29) is 0 Å². The maximum Gasteiger partial charge on any atom is 0.223 e. The average molecular weight is 524 g/mol. The lowest BCUT2D eigenvalue weighted by Crippen LogP contribution is -2.09. The van der Waals surface area contributed by atoms with E-state index in [9.17, 15) is 0 Å². The lowest BCUT2D eigenvalue weighted by Gasteiger charge is -2.15. The van der Waals surface area contributed by atoms with Gasteiger partial charge in [-0.3, -0.25) is 0 Å². The number of rotatable bonds is 33. The van der Waals surface area contributed by atoms with Crippen LogP contribution >= 0.6 is 0 Å². The normalized spacial score (nSPS) is 11.7. The first-order chi connectivity index (χ1) is 18.3. The fourth-order valence-electron chi connectivity index (χ4n) is 5.21. The van der Waals surface area contributed by atoms with E-state index in [1.54, 1.807) is 0 Å². The summed E-state index contributed by atoms with van der Waals surface area (Å²) in [5, 5.41) is 0. The molecule has 1 radical (unpaired) electrons. The molecule has 0 rings (SSSR count). The van der Waals surface area contributed by atoms with Crippen molar-refractivity contribution in [3.05, 3.63) is 6.29 Å². The summed E-state index contributed by atoms with van der Waals surface area (Å²) in [7, 11) is 0. The van der Waals surface area contributed by atoms with Gasteiger partial charge in [-0.15, -0.1) is 0 Å². The molecule has 223 valence electrons. The Morgan fingerprint density at radius 3 is 0.730 bits per heavy atom. The molecule has 0 unspecified atom stereocenters. The first kappa shape index (κ1) is 36.9. The van der Waals surface area contributed by atoms with Gasteiger partial charge in [0.2, 0.25) is 6.29 Å². The lowest BCUT2D eigenvalue weighted by molar-refractivity contribution is -0.0507. The molecule has 0 amide bonds. The van der Waals surface area contributed by atoms with Crippen LogP contribution in [-0.2, 0) is 9.47 Å². The Hall–Kier alpha value is -0.0800. The maximum absolute atomic E-state index is 5.91. The zero-order valence-corrected chi connectivity index (χ0v) is 26.2. The molecule has 0 aliphatic rings. The van der Waals surface area contributed by atoms with Gasteiger partial charge < -0.3 is 9.47 Å². The van der Waals surface area contributed by atoms with Gasteiger partial charge in [-0.05, 0) is 12.8 Å². The van der Waals surface area contributed by atoms with E-state index in [4.69, 9.17) is 9.47 Å². The summed E-state index contributed by atoms with van der Waals surface area (Å²) in [5.74, 6) is 0. The summed E-state index contributed by atoms with van der Waals surface area (Å²) in [6, 6.07) is 0. The standard InChI is InChI=1S/C35H71O2/c1-4-7-9-11-13-15-17-19-21-23-25-27-29-31-33-36-35(6-3)37-34-32-30-28-26-24-22-20-18-16-14-12-10-8-5-2/h4-34H2,1-3H3. The Balaban J connectivity index is 3.25. The minimum atomic E-state index is 0.833. The van der Waals surface area contributed by atoms with E-state index in [0.29, 0.717) is 0 Å². The van der Waals surface area contributed by atoms with Crippen LogP contribution in [0.5, 0.6) is 0 Å². The molecule has 0 spiro atoms. The molecule has 0 aromatic heterocycles. The fourth-order valence-corrected chi connectivity index (χ4v) is 5.21. The van der Waals surface area contributed by atoms with E-state index in [1.165, 1.54) is 180 Å². The SMILES string of the molecule is CCCCCCCCCCCCCCCCO[C](CC)OCCCCCCCCCCCCCCCC. The summed E-state index contributed by atoms with van der Waals surface area (Å²) < 4.78 is 11.8. The van der Waals surface area contributed by atoms with Crippen LogP contribution in [0, 0.1) is 6.29 Å². The molecule has 2 heteroatoms. The molecular weight excluding hydrogens is 452 g/mol. The minimum absolute atomic E-state index is 0.833. The van der Waals surface area contributed by atoms with E-state index < -0.39 is 0 Å². The van der Waals surface area contributed by atoms with Crippen molar-refractivity contribution in [2.45, 2.75) is 207 Å². The van der Waals surface area contributed by atoms with Crippen LogP contribution in [0.25, 0.3) is 0 Å². The summed E-state index contributed by atoms with van der Waals surface area (Å²) in [4.78, 5) is 0. The molecule has 0 saturated carbocycles. The quantitative estimate of drug-likeness (QED) is 0.0796. The smallest absolute Gasteiger partial charge is 0.223 e. The molecule has 0 atom stereocenters. The van der Waals surface area contributed by atoms with E-state index >= 15 is 0 Å². The van der Waals surface area contributed by atoms with Gasteiger partial charge in [0.1, 0.15) is 0 Å². The Morgan fingerprint density at radius 1 is 0.297 bits per heavy atom. The highest BCUT2D eigenvalue weighted by Gasteiger charge is 2.08. The van der Waals surface area contributed by atoms with Crippen LogP contribution in [0.3, 0.4) is 0 Å². The van der Waals surface area contributed by atoms with Crippen molar-refractivity contribution in [3.63, 3.8) is 0 Å². The number of ether oxygens (including phenoxy) is 2. The van der Waals surface area contributed by atoms with Crippen molar-refractivity contribution in [1.29, 1.82) is 0 Å². The summed E-state index contributed by atoms with van der Waals surface area (Å²) in [6.07, 6.45) is 40.9. The van der Waals surface area contributed by atoms with Crippen LogP contribution in [0.4, 0.5) is 0 Å². The zero-order valence-electron chi connectivity index (χ0n) is 26.2. The molecule has 0 fully saturated rings. The fraction of sp³-hybridized carbons (Fsp3) is 0.971. The molecule has 0 bridgehead atoms.